The van der Waals surface area contributed by atoms with Gasteiger partial charge in [-0.3, -0.25) is 0 Å². The van der Waals surface area contributed by atoms with E-state index in [-0.39, 0.29) is 4.99 Å². The van der Waals surface area contributed by atoms with E-state index in [0.29, 0.717) is 19.5 Å². The van der Waals surface area contributed by atoms with Gasteiger partial charge in [0.1, 0.15) is 5.25 Å². The molecule has 0 heterocycles. The summed E-state index contributed by atoms with van der Waals surface area (Å²) in [5.74, 6) is 0. The lowest BCUT2D eigenvalue weighted by Gasteiger charge is -2.24. The minimum Gasteiger partial charge on any atom is -0.392 e. The number of hydrogen-bond acceptors (Lipinski definition) is 4. The summed E-state index contributed by atoms with van der Waals surface area (Å²) >= 11 is 4.78. The molecule has 0 amide bonds. The summed E-state index contributed by atoms with van der Waals surface area (Å²) < 4.78 is 25.4. The third-order valence-electron chi connectivity index (χ3n) is 2.34. The topological polar surface area (TPSA) is 66.6 Å². The zero-order chi connectivity index (χ0) is 12.9. The van der Waals surface area contributed by atoms with Crippen molar-refractivity contribution < 1.29 is 8.42 Å². The highest BCUT2D eigenvalue weighted by atomic mass is 32.2. The maximum Gasteiger partial charge on any atom is 0.223 e. The number of nitrogens with two attached hydrogens (primary N) is 1. The molecular weight excluding hydrogens is 246 g/mol. The highest BCUT2D eigenvalue weighted by Crippen LogP contribution is 2.11. The number of hydrogen-bond donors (Lipinski definition) is 1. The molecular formula is C9H21N3O2S2. The molecule has 0 spiro atoms. The molecule has 0 fully saturated rings. The molecule has 0 saturated heterocycles. The van der Waals surface area contributed by atoms with Gasteiger partial charge in [-0.05, 0) is 20.5 Å². The van der Waals surface area contributed by atoms with Gasteiger partial charge < -0.3 is 10.6 Å². The first-order chi connectivity index (χ1) is 7.23. The molecule has 0 aliphatic heterocycles. The Labute approximate surface area is 104 Å². The summed E-state index contributed by atoms with van der Waals surface area (Å²) in [5, 5.41) is -0.755. The Hall–Kier alpha value is -0.240. The van der Waals surface area contributed by atoms with Gasteiger partial charge in [-0.15, -0.1) is 0 Å². The van der Waals surface area contributed by atoms with E-state index in [1.54, 1.807) is 14.0 Å². The van der Waals surface area contributed by atoms with Gasteiger partial charge in [0.05, 0.1) is 4.99 Å². The van der Waals surface area contributed by atoms with Gasteiger partial charge in [0.25, 0.3) is 0 Å². The van der Waals surface area contributed by atoms with Gasteiger partial charge in [0.15, 0.2) is 0 Å². The Kier molecular flexibility index (Phi) is 6.39. The number of sulfonamides is 1. The van der Waals surface area contributed by atoms with E-state index in [1.165, 1.54) is 4.31 Å². The zero-order valence-electron chi connectivity index (χ0n) is 10.3. The van der Waals surface area contributed by atoms with E-state index in [1.807, 2.05) is 19.0 Å². The second-order valence-corrected chi connectivity index (χ2v) is 6.66. The van der Waals surface area contributed by atoms with Gasteiger partial charge in [0.2, 0.25) is 10.0 Å². The summed E-state index contributed by atoms with van der Waals surface area (Å²) in [7, 11) is 1.94. The van der Waals surface area contributed by atoms with Crippen LogP contribution >= 0.6 is 12.2 Å². The number of likely N-dealkylation sites (N-methyl/N-ethyl adjacent to an activating group) is 2. The first kappa shape index (κ1) is 15.8. The summed E-state index contributed by atoms with van der Waals surface area (Å²) in [6.45, 7) is 2.87. The van der Waals surface area contributed by atoms with Crippen molar-refractivity contribution in [2.45, 2.75) is 18.6 Å². The van der Waals surface area contributed by atoms with E-state index in [9.17, 15) is 8.42 Å². The van der Waals surface area contributed by atoms with Crippen LogP contribution in [0.4, 0.5) is 0 Å². The maximum atomic E-state index is 12.1. The average molecular weight is 267 g/mol. The quantitative estimate of drug-likeness (QED) is 0.651. The van der Waals surface area contributed by atoms with Crippen LogP contribution in [0.5, 0.6) is 0 Å². The van der Waals surface area contributed by atoms with E-state index >= 15 is 0 Å². The SMILES string of the molecule is CCC(C(N)=S)S(=O)(=O)N(C)CCN(C)C. The molecule has 0 aromatic rings. The molecule has 0 aromatic carbocycles. The Morgan fingerprint density at radius 1 is 1.31 bits per heavy atom. The minimum atomic E-state index is -3.41. The van der Waals surface area contributed by atoms with E-state index in [4.69, 9.17) is 18.0 Å². The van der Waals surface area contributed by atoms with Crippen LogP contribution in [0, 0.1) is 0 Å². The molecule has 1 atom stereocenters. The third-order valence-corrected chi connectivity index (χ3v) is 5.14. The lowest BCUT2D eigenvalue weighted by atomic mass is 10.3. The van der Waals surface area contributed by atoms with Crippen LogP contribution in [0.2, 0.25) is 0 Å². The van der Waals surface area contributed by atoms with E-state index in [0.717, 1.165) is 0 Å². The molecule has 5 nitrogen and oxygen atoms in total. The number of thiocarbonyl (C=S) groups is 1. The van der Waals surface area contributed by atoms with Crippen molar-refractivity contribution >= 4 is 27.2 Å². The number of rotatable bonds is 7. The molecule has 0 saturated carbocycles. The predicted molar refractivity (Wildman–Crippen MR) is 71.0 cm³/mol. The summed E-state index contributed by atoms with van der Waals surface area (Å²) in [6.07, 6.45) is 0.407. The van der Waals surface area contributed by atoms with Crippen LogP contribution in [-0.2, 0) is 10.0 Å². The summed E-state index contributed by atoms with van der Waals surface area (Å²) in [5.41, 5.74) is 5.44. The minimum absolute atomic E-state index is 0.0409. The Balaban J connectivity index is 4.70. The smallest absolute Gasteiger partial charge is 0.223 e. The number of nitrogens with zero attached hydrogens (tertiary/aromatic N) is 2. The molecule has 96 valence electrons. The lowest BCUT2D eigenvalue weighted by molar-refractivity contribution is 0.357. The van der Waals surface area contributed by atoms with Crippen molar-refractivity contribution in [3.63, 3.8) is 0 Å². The average Bonchev–Trinajstić information content (AvgIpc) is 2.13. The third kappa shape index (κ3) is 4.32. The van der Waals surface area contributed by atoms with Crippen LogP contribution in [0.3, 0.4) is 0 Å². The van der Waals surface area contributed by atoms with Crippen LogP contribution < -0.4 is 5.73 Å². The maximum absolute atomic E-state index is 12.1. The standard InChI is InChI=1S/C9H21N3O2S2/c1-5-8(9(10)15)16(13,14)12(4)7-6-11(2)3/h8H,5-7H2,1-4H3,(H2,10,15). The zero-order valence-corrected chi connectivity index (χ0v) is 11.9. The molecule has 0 aliphatic carbocycles. The predicted octanol–water partition coefficient (Wildman–Crippen LogP) is -0.126. The molecule has 16 heavy (non-hydrogen) atoms. The molecule has 0 aliphatic rings. The summed E-state index contributed by atoms with van der Waals surface area (Å²) in [6, 6.07) is 0. The van der Waals surface area contributed by atoms with Gasteiger partial charge in [-0.25, -0.2) is 12.7 Å². The molecule has 0 rings (SSSR count). The Morgan fingerprint density at radius 3 is 2.12 bits per heavy atom. The fraction of sp³-hybridized carbons (Fsp3) is 0.889. The molecule has 2 N–H and O–H groups in total. The molecule has 0 radical (unpaired) electrons. The van der Waals surface area contributed by atoms with Crippen molar-refractivity contribution in [3.8, 4) is 0 Å². The Bertz CT molecular complexity index is 328. The van der Waals surface area contributed by atoms with Crippen LogP contribution in [-0.4, -0.2) is 62.1 Å². The largest absolute Gasteiger partial charge is 0.392 e. The second kappa shape index (κ2) is 6.48. The van der Waals surface area contributed by atoms with Crippen LogP contribution in [0.25, 0.3) is 0 Å². The van der Waals surface area contributed by atoms with Gasteiger partial charge in [-0.1, -0.05) is 19.1 Å². The second-order valence-electron chi connectivity index (χ2n) is 3.97. The van der Waals surface area contributed by atoms with Crippen molar-refractivity contribution in [2.75, 3.05) is 34.2 Å². The van der Waals surface area contributed by atoms with Crippen molar-refractivity contribution in [2.24, 2.45) is 5.73 Å². The van der Waals surface area contributed by atoms with Crippen LogP contribution in [0.15, 0.2) is 0 Å². The summed E-state index contributed by atoms with van der Waals surface area (Å²) in [4.78, 5) is 1.97. The van der Waals surface area contributed by atoms with Gasteiger partial charge in [-0.2, -0.15) is 0 Å². The molecule has 7 heteroatoms. The first-order valence-corrected chi connectivity index (χ1v) is 7.03. The van der Waals surface area contributed by atoms with Gasteiger partial charge >= 0.3 is 0 Å². The lowest BCUT2D eigenvalue weighted by Crippen LogP contribution is -2.44. The molecule has 0 bridgehead atoms. The van der Waals surface area contributed by atoms with E-state index < -0.39 is 15.3 Å². The normalized spacial score (nSPS) is 14.4. The first-order valence-electron chi connectivity index (χ1n) is 5.12. The Morgan fingerprint density at radius 2 is 1.81 bits per heavy atom. The van der Waals surface area contributed by atoms with Crippen molar-refractivity contribution in [1.82, 2.24) is 9.21 Å². The highest BCUT2D eigenvalue weighted by Gasteiger charge is 2.30. The van der Waals surface area contributed by atoms with E-state index in [2.05, 4.69) is 0 Å². The van der Waals surface area contributed by atoms with Gasteiger partial charge in [0, 0.05) is 20.1 Å². The highest BCUT2D eigenvalue weighted by molar-refractivity contribution is 7.92. The molecule has 0 aromatic heterocycles. The van der Waals surface area contributed by atoms with Crippen molar-refractivity contribution in [1.29, 1.82) is 0 Å². The fourth-order valence-corrected chi connectivity index (χ4v) is 3.26. The monoisotopic (exact) mass is 267 g/mol. The van der Waals surface area contributed by atoms with Crippen molar-refractivity contribution in [3.05, 3.63) is 0 Å². The fourth-order valence-electron chi connectivity index (χ4n) is 1.24. The van der Waals surface area contributed by atoms with Crippen LogP contribution in [0.1, 0.15) is 13.3 Å². The molecule has 1 unspecified atom stereocenters.